The topological polar surface area (TPSA) is 57.9 Å². The van der Waals surface area contributed by atoms with E-state index in [0.29, 0.717) is 16.3 Å². The number of fused-ring (bicyclic) bond motifs is 1. The van der Waals surface area contributed by atoms with Gasteiger partial charge in [0.1, 0.15) is 11.8 Å². The summed E-state index contributed by atoms with van der Waals surface area (Å²) in [5.74, 6) is 0.573. The van der Waals surface area contributed by atoms with E-state index in [2.05, 4.69) is 16.4 Å². The minimum atomic E-state index is 0.501. The first-order valence-electron chi connectivity index (χ1n) is 5.51. The van der Waals surface area contributed by atoms with Crippen LogP contribution in [-0.4, -0.2) is 18.6 Å². The number of halogens is 1. The zero-order chi connectivity index (χ0) is 13.1. The molecule has 92 valence electrons. The predicted molar refractivity (Wildman–Crippen MR) is 72.2 cm³/mol. The van der Waals surface area contributed by atoms with Crippen molar-refractivity contribution < 1.29 is 4.74 Å². The first kappa shape index (κ1) is 12.5. The molecule has 0 aliphatic heterocycles. The summed E-state index contributed by atoms with van der Waals surface area (Å²) in [6.45, 7) is 2.69. The minimum Gasteiger partial charge on any atom is -0.495 e. The lowest BCUT2D eigenvalue weighted by molar-refractivity contribution is 0.415. The molecule has 0 radical (unpaired) electrons. The summed E-state index contributed by atoms with van der Waals surface area (Å²) in [4.78, 5) is 4.24. The quantitative estimate of drug-likeness (QED) is 0.922. The Hall–Kier alpha value is -1.99. The van der Waals surface area contributed by atoms with Gasteiger partial charge in [-0.1, -0.05) is 11.6 Å². The molecule has 2 rings (SSSR count). The Morgan fingerprint density at radius 2 is 2.28 bits per heavy atom. The molecule has 0 aliphatic rings. The Balaban J connectivity index is 2.76. The van der Waals surface area contributed by atoms with Gasteiger partial charge < -0.3 is 10.1 Å². The highest BCUT2D eigenvalue weighted by Gasteiger charge is 2.11. The van der Waals surface area contributed by atoms with Gasteiger partial charge in [-0.05, 0) is 13.0 Å². The van der Waals surface area contributed by atoms with Crippen molar-refractivity contribution in [2.24, 2.45) is 0 Å². The van der Waals surface area contributed by atoms with Gasteiger partial charge in [0.2, 0.25) is 0 Å². The molecule has 0 amide bonds. The highest BCUT2D eigenvalue weighted by atomic mass is 35.5. The van der Waals surface area contributed by atoms with Crippen LogP contribution in [0.3, 0.4) is 0 Å². The summed E-state index contributed by atoms with van der Waals surface area (Å²) >= 11 is 6.11. The molecule has 4 nitrogen and oxygen atoms in total. The molecule has 0 fully saturated rings. The van der Waals surface area contributed by atoms with Gasteiger partial charge >= 0.3 is 0 Å². The molecule has 0 saturated carbocycles. The zero-order valence-corrected chi connectivity index (χ0v) is 10.9. The molecule has 0 bridgehead atoms. The van der Waals surface area contributed by atoms with Crippen LogP contribution in [-0.2, 0) is 0 Å². The highest BCUT2D eigenvalue weighted by molar-refractivity contribution is 6.33. The number of rotatable bonds is 3. The lowest BCUT2D eigenvalue weighted by atomic mass is 10.1. The smallest absolute Gasteiger partial charge is 0.139 e. The van der Waals surface area contributed by atoms with Crippen molar-refractivity contribution in [1.82, 2.24) is 4.98 Å². The van der Waals surface area contributed by atoms with Crippen molar-refractivity contribution in [3.63, 3.8) is 0 Å². The molecule has 1 aromatic heterocycles. The van der Waals surface area contributed by atoms with E-state index in [9.17, 15) is 0 Å². The third-order valence-corrected chi connectivity index (χ3v) is 2.91. The number of aromatic nitrogens is 1. The van der Waals surface area contributed by atoms with E-state index in [1.807, 2.05) is 6.92 Å². The number of ether oxygens (including phenoxy) is 1. The Morgan fingerprint density at radius 1 is 1.50 bits per heavy atom. The summed E-state index contributed by atoms with van der Waals surface area (Å²) in [7, 11) is 1.56. The van der Waals surface area contributed by atoms with Gasteiger partial charge in [-0.15, -0.1) is 0 Å². The lowest BCUT2D eigenvalue weighted by Gasteiger charge is -2.11. The molecule has 0 spiro atoms. The van der Waals surface area contributed by atoms with E-state index in [1.165, 1.54) is 0 Å². The molecule has 0 atom stereocenters. The number of benzene rings is 1. The molecule has 1 N–H and O–H groups in total. The standard InChI is InChI=1S/C13H12ClN3O/c1-3-16-13-8(6-15)7-17-11-5-12(18-2)10(14)4-9(11)13/h4-5,7H,3H2,1-2H3,(H,16,17). The fourth-order valence-electron chi connectivity index (χ4n) is 1.80. The maximum absolute atomic E-state index is 9.09. The van der Waals surface area contributed by atoms with Gasteiger partial charge in [0.05, 0.1) is 28.9 Å². The fourth-order valence-corrected chi connectivity index (χ4v) is 2.04. The molecule has 2 aromatic rings. The Morgan fingerprint density at radius 3 is 2.89 bits per heavy atom. The third kappa shape index (κ3) is 2.05. The van der Waals surface area contributed by atoms with Crippen molar-refractivity contribution >= 4 is 28.2 Å². The number of nitriles is 1. The van der Waals surface area contributed by atoms with Gasteiger partial charge in [0.15, 0.2) is 0 Å². The van der Waals surface area contributed by atoms with E-state index in [4.69, 9.17) is 21.6 Å². The molecular weight excluding hydrogens is 250 g/mol. The summed E-state index contributed by atoms with van der Waals surface area (Å²) < 4.78 is 5.15. The Bertz CT molecular complexity index is 634. The van der Waals surface area contributed by atoms with E-state index in [0.717, 1.165) is 23.1 Å². The lowest BCUT2D eigenvalue weighted by Crippen LogP contribution is -2.01. The van der Waals surface area contributed by atoms with Crippen LogP contribution in [0.15, 0.2) is 18.3 Å². The van der Waals surface area contributed by atoms with Crippen LogP contribution in [0.1, 0.15) is 12.5 Å². The molecule has 5 heteroatoms. The van der Waals surface area contributed by atoms with Crippen molar-refractivity contribution in [3.8, 4) is 11.8 Å². The number of nitrogens with one attached hydrogen (secondary N) is 1. The van der Waals surface area contributed by atoms with Crippen LogP contribution in [0.25, 0.3) is 10.9 Å². The Labute approximate surface area is 110 Å². The SMILES string of the molecule is CCNc1c(C#N)cnc2cc(OC)c(Cl)cc12. The predicted octanol–water partition coefficient (Wildman–Crippen LogP) is 3.20. The van der Waals surface area contributed by atoms with E-state index < -0.39 is 0 Å². The molecular formula is C13H12ClN3O. The van der Waals surface area contributed by atoms with Gasteiger partial charge in [0, 0.05) is 24.2 Å². The first-order chi connectivity index (χ1) is 8.71. The zero-order valence-electron chi connectivity index (χ0n) is 10.1. The highest BCUT2D eigenvalue weighted by Crippen LogP contribution is 2.33. The molecule has 0 unspecified atom stereocenters. The maximum Gasteiger partial charge on any atom is 0.139 e. The average molecular weight is 262 g/mol. The maximum atomic E-state index is 9.09. The number of methoxy groups -OCH3 is 1. The van der Waals surface area contributed by atoms with Crippen molar-refractivity contribution in [2.75, 3.05) is 19.0 Å². The second-order valence-electron chi connectivity index (χ2n) is 3.69. The first-order valence-corrected chi connectivity index (χ1v) is 5.89. The van der Waals surface area contributed by atoms with Crippen molar-refractivity contribution in [3.05, 3.63) is 28.9 Å². The number of hydrogen-bond donors (Lipinski definition) is 1. The van der Waals surface area contributed by atoms with E-state index in [1.54, 1.807) is 25.4 Å². The summed E-state index contributed by atoms with van der Waals surface area (Å²) in [5.41, 5.74) is 2.01. The minimum absolute atomic E-state index is 0.501. The van der Waals surface area contributed by atoms with Crippen LogP contribution in [0.4, 0.5) is 5.69 Å². The summed E-state index contributed by atoms with van der Waals surface area (Å²) in [5, 5.41) is 13.6. The number of anilines is 1. The summed E-state index contributed by atoms with van der Waals surface area (Å²) in [6, 6.07) is 5.65. The van der Waals surface area contributed by atoms with Gasteiger partial charge in [0.25, 0.3) is 0 Å². The van der Waals surface area contributed by atoms with Gasteiger partial charge in [-0.2, -0.15) is 5.26 Å². The second-order valence-corrected chi connectivity index (χ2v) is 4.10. The van der Waals surface area contributed by atoms with E-state index >= 15 is 0 Å². The van der Waals surface area contributed by atoms with Crippen LogP contribution in [0, 0.1) is 11.3 Å². The molecule has 1 aromatic carbocycles. The van der Waals surface area contributed by atoms with Crippen molar-refractivity contribution in [2.45, 2.75) is 6.92 Å². The summed E-state index contributed by atoms with van der Waals surface area (Å²) in [6.07, 6.45) is 1.55. The largest absolute Gasteiger partial charge is 0.495 e. The van der Waals surface area contributed by atoms with E-state index in [-0.39, 0.29) is 0 Å². The number of pyridine rings is 1. The molecule has 1 heterocycles. The third-order valence-electron chi connectivity index (χ3n) is 2.62. The average Bonchev–Trinajstić information content (AvgIpc) is 2.39. The molecule has 18 heavy (non-hydrogen) atoms. The van der Waals surface area contributed by atoms with Gasteiger partial charge in [-0.3, -0.25) is 4.98 Å². The molecule has 0 aliphatic carbocycles. The Kier molecular flexibility index (Phi) is 3.54. The number of hydrogen-bond acceptors (Lipinski definition) is 4. The fraction of sp³-hybridized carbons (Fsp3) is 0.231. The van der Waals surface area contributed by atoms with Crippen LogP contribution >= 0.6 is 11.6 Å². The van der Waals surface area contributed by atoms with Crippen LogP contribution in [0.5, 0.6) is 5.75 Å². The van der Waals surface area contributed by atoms with Crippen LogP contribution < -0.4 is 10.1 Å². The van der Waals surface area contributed by atoms with Gasteiger partial charge in [-0.25, -0.2) is 0 Å². The monoisotopic (exact) mass is 261 g/mol. The normalized spacial score (nSPS) is 10.1. The second kappa shape index (κ2) is 5.11. The number of nitrogens with zero attached hydrogens (tertiary/aromatic N) is 2. The molecule has 0 saturated heterocycles. The van der Waals surface area contributed by atoms with Crippen molar-refractivity contribution in [1.29, 1.82) is 5.26 Å². The van der Waals surface area contributed by atoms with Crippen LogP contribution in [0.2, 0.25) is 5.02 Å².